The number of hydrogen-bond donors (Lipinski definition) is 0. The van der Waals surface area contributed by atoms with Gasteiger partial charge in [0.15, 0.2) is 5.78 Å². The second kappa shape index (κ2) is 4.05. The lowest BCUT2D eigenvalue weighted by Crippen LogP contribution is -2.34. The normalized spacial score (nSPS) is 28.5. The standard InChI is InChI=1S/C9H14O3S/c1-4-13-5-6(2)12-9(11)8(13)7(3)10/h6H,4-5H2,1-3H3. The third-order valence-corrected chi connectivity index (χ3v) is 4.49. The van der Waals surface area contributed by atoms with E-state index in [-0.39, 0.29) is 22.4 Å². The van der Waals surface area contributed by atoms with Crippen molar-refractivity contribution in [1.82, 2.24) is 0 Å². The van der Waals surface area contributed by atoms with Crippen LogP contribution in [0.25, 0.3) is 0 Å². The molecule has 0 spiro atoms. The van der Waals surface area contributed by atoms with Crippen LogP contribution >= 0.6 is 10.5 Å². The van der Waals surface area contributed by atoms with Crippen molar-refractivity contribution in [2.75, 3.05) is 11.5 Å². The maximum Gasteiger partial charge on any atom is 0.347 e. The van der Waals surface area contributed by atoms with Gasteiger partial charge in [-0.05, 0) is 19.6 Å². The molecule has 0 saturated carbocycles. The molecule has 0 aromatic carbocycles. The van der Waals surface area contributed by atoms with Crippen molar-refractivity contribution in [3.8, 4) is 0 Å². The molecule has 74 valence electrons. The highest BCUT2D eigenvalue weighted by Crippen LogP contribution is 2.23. The number of rotatable bonds is 2. The first kappa shape index (κ1) is 10.4. The summed E-state index contributed by atoms with van der Waals surface area (Å²) in [5.41, 5.74) is 0. The van der Waals surface area contributed by atoms with E-state index in [4.69, 9.17) is 4.74 Å². The smallest absolute Gasteiger partial charge is 0.347 e. The molecular weight excluding hydrogens is 188 g/mol. The molecule has 1 heterocycles. The van der Waals surface area contributed by atoms with Crippen LogP contribution in [0.4, 0.5) is 0 Å². The minimum atomic E-state index is -0.406. The molecule has 1 rings (SSSR count). The molecule has 0 aromatic heterocycles. The van der Waals surface area contributed by atoms with Gasteiger partial charge in [-0.1, -0.05) is 6.92 Å². The number of esters is 1. The van der Waals surface area contributed by atoms with Crippen LogP contribution in [-0.4, -0.2) is 34.2 Å². The molecule has 1 aliphatic heterocycles. The van der Waals surface area contributed by atoms with Crippen LogP contribution < -0.4 is 0 Å². The van der Waals surface area contributed by atoms with Gasteiger partial charge in [0.1, 0.15) is 11.0 Å². The summed E-state index contributed by atoms with van der Waals surface area (Å²) in [4.78, 5) is 22.9. The number of ketones is 1. The Morgan fingerprint density at radius 2 is 2.31 bits per heavy atom. The fourth-order valence-electron chi connectivity index (χ4n) is 1.36. The van der Waals surface area contributed by atoms with Crippen LogP contribution in [0.15, 0.2) is 0 Å². The summed E-state index contributed by atoms with van der Waals surface area (Å²) in [6.07, 6.45) is -0.0427. The van der Waals surface area contributed by atoms with E-state index in [0.717, 1.165) is 11.5 Å². The molecule has 0 aliphatic carbocycles. The van der Waals surface area contributed by atoms with Crippen molar-refractivity contribution in [2.24, 2.45) is 0 Å². The van der Waals surface area contributed by atoms with Gasteiger partial charge in [-0.25, -0.2) is 4.79 Å². The van der Waals surface area contributed by atoms with Crippen molar-refractivity contribution in [3.63, 3.8) is 0 Å². The number of carbonyl (C=O) groups excluding carboxylic acids is 2. The maximum absolute atomic E-state index is 11.3. The van der Waals surface area contributed by atoms with Crippen molar-refractivity contribution < 1.29 is 14.3 Å². The fourth-order valence-corrected chi connectivity index (χ4v) is 3.38. The zero-order valence-corrected chi connectivity index (χ0v) is 8.94. The zero-order chi connectivity index (χ0) is 10.0. The van der Waals surface area contributed by atoms with E-state index in [0.29, 0.717) is 4.86 Å². The Hall–Kier alpha value is -0.640. The van der Waals surface area contributed by atoms with Gasteiger partial charge in [0, 0.05) is 5.75 Å². The van der Waals surface area contributed by atoms with Crippen LogP contribution in [0.3, 0.4) is 0 Å². The van der Waals surface area contributed by atoms with E-state index in [1.807, 2.05) is 13.8 Å². The number of ether oxygens (including phenoxy) is 1. The number of carbonyl (C=O) groups is 2. The maximum atomic E-state index is 11.3. The topological polar surface area (TPSA) is 43.4 Å². The monoisotopic (exact) mass is 202 g/mol. The van der Waals surface area contributed by atoms with Crippen molar-refractivity contribution in [1.29, 1.82) is 0 Å². The molecule has 0 aromatic rings. The first-order valence-electron chi connectivity index (χ1n) is 4.32. The zero-order valence-electron chi connectivity index (χ0n) is 8.12. The lowest BCUT2D eigenvalue weighted by molar-refractivity contribution is -0.139. The van der Waals surface area contributed by atoms with Gasteiger partial charge < -0.3 is 4.74 Å². The van der Waals surface area contributed by atoms with Crippen LogP contribution in [-0.2, 0) is 14.3 Å². The molecular formula is C9H14O3S. The van der Waals surface area contributed by atoms with Crippen LogP contribution in [0.5, 0.6) is 0 Å². The van der Waals surface area contributed by atoms with Gasteiger partial charge in [-0.3, -0.25) is 4.79 Å². The van der Waals surface area contributed by atoms with Gasteiger partial charge >= 0.3 is 5.97 Å². The van der Waals surface area contributed by atoms with E-state index < -0.39 is 5.97 Å². The molecule has 13 heavy (non-hydrogen) atoms. The second-order valence-corrected chi connectivity index (χ2v) is 5.35. The summed E-state index contributed by atoms with van der Waals surface area (Å²) in [5, 5.41) is 0. The predicted octanol–water partition coefficient (Wildman–Crippen LogP) is 0.982. The highest BCUT2D eigenvalue weighted by molar-refractivity contribution is 8.18. The van der Waals surface area contributed by atoms with E-state index in [9.17, 15) is 9.59 Å². The van der Waals surface area contributed by atoms with Gasteiger partial charge in [0.05, 0.1) is 0 Å². The SMILES string of the molecule is CCS1=C(C(C)=O)C(=O)OC(C)C1. The lowest BCUT2D eigenvalue weighted by atomic mass is 10.3. The van der Waals surface area contributed by atoms with Gasteiger partial charge in [-0.2, -0.15) is 10.5 Å². The molecule has 0 amide bonds. The van der Waals surface area contributed by atoms with E-state index in [1.54, 1.807) is 0 Å². The Morgan fingerprint density at radius 1 is 1.69 bits per heavy atom. The Balaban J connectivity index is 3.06. The van der Waals surface area contributed by atoms with Crippen molar-refractivity contribution in [3.05, 3.63) is 0 Å². The highest BCUT2D eigenvalue weighted by atomic mass is 32.2. The lowest BCUT2D eigenvalue weighted by Gasteiger charge is -2.23. The number of hydrogen-bond acceptors (Lipinski definition) is 3. The van der Waals surface area contributed by atoms with Gasteiger partial charge in [-0.15, -0.1) is 0 Å². The summed E-state index contributed by atoms with van der Waals surface area (Å²) in [6.45, 7) is 5.30. The second-order valence-electron chi connectivity index (χ2n) is 3.05. The Morgan fingerprint density at radius 3 is 2.77 bits per heavy atom. The summed E-state index contributed by atoms with van der Waals surface area (Å²) in [5.74, 6) is 1.12. The molecule has 1 aliphatic rings. The summed E-state index contributed by atoms with van der Waals surface area (Å²) in [7, 11) is -0.187. The molecule has 3 nitrogen and oxygen atoms in total. The molecule has 0 saturated heterocycles. The molecule has 0 radical (unpaired) electrons. The number of Topliss-reactive ketones (excluding diaryl/α,β-unsaturated/α-hetero) is 1. The van der Waals surface area contributed by atoms with Crippen molar-refractivity contribution >= 4 is 27.1 Å². The summed E-state index contributed by atoms with van der Waals surface area (Å²) in [6, 6.07) is 0. The molecule has 2 atom stereocenters. The molecule has 0 N–H and O–H groups in total. The molecule has 4 heteroatoms. The van der Waals surface area contributed by atoms with Crippen LogP contribution in [0.1, 0.15) is 20.8 Å². The van der Waals surface area contributed by atoms with Crippen LogP contribution in [0.2, 0.25) is 0 Å². The Labute approximate surface area is 80.4 Å². The Kier molecular flexibility index (Phi) is 3.25. The van der Waals surface area contributed by atoms with Crippen LogP contribution in [0, 0.1) is 0 Å². The first-order valence-corrected chi connectivity index (χ1v) is 5.89. The van der Waals surface area contributed by atoms with E-state index in [1.165, 1.54) is 6.92 Å². The minimum Gasteiger partial charge on any atom is -0.458 e. The average Bonchev–Trinajstić information content (AvgIpc) is 2.01. The molecule has 2 unspecified atom stereocenters. The first-order chi connectivity index (χ1) is 6.06. The highest BCUT2D eigenvalue weighted by Gasteiger charge is 2.27. The molecule has 0 fully saturated rings. The third kappa shape index (κ3) is 2.18. The Bertz CT molecular complexity index is 281. The largest absolute Gasteiger partial charge is 0.458 e. The van der Waals surface area contributed by atoms with E-state index in [2.05, 4.69) is 0 Å². The fraction of sp³-hybridized carbons (Fsp3) is 0.667. The summed E-state index contributed by atoms with van der Waals surface area (Å²) >= 11 is 0. The van der Waals surface area contributed by atoms with Crippen molar-refractivity contribution in [2.45, 2.75) is 26.9 Å². The predicted molar refractivity (Wildman–Crippen MR) is 54.2 cm³/mol. The molecule has 0 bridgehead atoms. The minimum absolute atomic E-state index is 0.0427. The van der Waals surface area contributed by atoms with Gasteiger partial charge in [0.2, 0.25) is 0 Å². The average molecular weight is 202 g/mol. The van der Waals surface area contributed by atoms with Gasteiger partial charge in [0.25, 0.3) is 0 Å². The quantitative estimate of drug-likeness (QED) is 0.495. The van der Waals surface area contributed by atoms with E-state index >= 15 is 0 Å². The third-order valence-electron chi connectivity index (χ3n) is 1.89. The number of cyclic esters (lactones) is 1. The summed E-state index contributed by atoms with van der Waals surface area (Å²) < 4.78 is 5.00.